The summed E-state index contributed by atoms with van der Waals surface area (Å²) in [6.45, 7) is 15.2. The zero-order chi connectivity index (χ0) is 7.65. The first-order valence-electron chi connectivity index (χ1n) is 3.85. The van der Waals surface area contributed by atoms with Crippen molar-refractivity contribution in [3.8, 4) is 0 Å². The second kappa shape index (κ2) is 2.91. The van der Waals surface area contributed by atoms with Gasteiger partial charge in [-0.25, -0.2) is 0 Å². The lowest BCUT2D eigenvalue weighted by Gasteiger charge is -2.26. The van der Waals surface area contributed by atoms with Gasteiger partial charge in [-0.05, 0) is 0 Å². The largest absolute Gasteiger partial charge is 0.133 e. The molecule has 1 unspecified atom stereocenters. The van der Waals surface area contributed by atoms with Crippen LogP contribution in [-0.2, 0) is 0 Å². The van der Waals surface area contributed by atoms with Crippen molar-refractivity contribution in [2.45, 2.75) is 45.7 Å². The van der Waals surface area contributed by atoms with E-state index in [2.05, 4.69) is 40.2 Å². The van der Waals surface area contributed by atoms with Crippen LogP contribution in [0, 0.1) is 0 Å². The van der Waals surface area contributed by atoms with E-state index in [-0.39, 0.29) is 0 Å². The Morgan fingerprint density at radius 3 is 1.44 bits per heavy atom. The van der Waals surface area contributed by atoms with Gasteiger partial charge in [-0.15, -0.1) is 0 Å². The second-order valence-corrected chi connectivity index (χ2v) is 10.0. The molecule has 0 aliphatic rings. The Hall–Kier alpha value is 0.282. The van der Waals surface area contributed by atoms with Gasteiger partial charge in [0.15, 0.2) is 0 Å². The molecular formula is C7H19BSi. The van der Waals surface area contributed by atoms with Gasteiger partial charge in [0, 0.05) is 8.07 Å². The van der Waals surface area contributed by atoms with E-state index in [0.29, 0.717) is 0 Å². The summed E-state index contributed by atoms with van der Waals surface area (Å²) in [6.07, 6.45) is 0. The maximum atomic E-state index is 2.44. The fourth-order valence-electron chi connectivity index (χ4n) is 1.00. The summed E-state index contributed by atoms with van der Waals surface area (Å²) in [4.78, 5) is 0. The Labute approximate surface area is 61.1 Å². The molecule has 0 aromatic carbocycles. The minimum atomic E-state index is -0.824. The Morgan fingerprint density at radius 1 is 1.11 bits per heavy atom. The van der Waals surface area contributed by atoms with Crippen LogP contribution in [0.25, 0.3) is 0 Å². The van der Waals surface area contributed by atoms with Crippen molar-refractivity contribution in [2.24, 2.45) is 0 Å². The van der Waals surface area contributed by atoms with Gasteiger partial charge in [-0.3, -0.25) is 0 Å². The lowest BCUT2D eigenvalue weighted by atomic mass is 9.52. The second-order valence-electron chi connectivity index (χ2n) is 4.40. The van der Waals surface area contributed by atoms with Crippen LogP contribution in [0.15, 0.2) is 0 Å². The minimum Gasteiger partial charge on any atom is -0.0863 e. The highest BCUT2D eigenvalue weighted by Gasteiger charge is 2.25. The lowest BCUT2D eigenvalue weighted by molar-refractivity contribution is 1.21. The molecule has 0 fully saturated rings. The van der Waals surface area contributed by atoms with E-state index in [9.17, 15) is 0 Å². The van der Waals surface area contributed by atoms with Gasteiger partial charge >= 0.3 is 0 Å². The van der Waals surface area contributed by atoms with E-state index in [1.165, 1.54) is 0 Å². The molecule has 0 radical (unpaired) electrons. The smallest absolute Gasteiger partial charge is 0.0863 e. The van der Waals surface area contributed by atoms with Crippen LogP contribution < -0.4 is 0 Å². The van der Waals surface area contributed by atoms with Crippen molar-refractivity contribution >= 4 is 14.8 Å². The topological polar surface area (TPSA) is 0 Å². The van der Waals surface area contributed by atoms with Gasteiger partial charge in [0.1, 0.15) is 6.71 Å². The summed E-state index contributed by atoms with van der Waals surface area (Å²) in [7, 11) is -0.824. The number of hydrogen-bond acceptors (Lipinski definition) is 0. The molecular weight excluding hydrogens is 123 g/mol. The number of hydrogen-bond donors (Lipinski definition) is 0. The predicted molar refractivity (Wildman–Crippen MR) is 50.3 cm³/mol. The molecule has 2 heteroatoms. The van der Waals surface area contributed by atoms with Crippen molar-refractivity contribution in [3.63, 3.8) is 0 Å². The molecule has 0 aliphatic heterocycles. The molecule has 9 heavy (non-hydrogen) atoms. The van der Waals surface area contributed by atoms with Crippen LogP contribution in [0.5, 0.6) is 0 Å². The van der Waals surface area contributed by atoms with Crippen LogP contribution in [0.2, 0.25) is 38.7 Å². The molecule has 0 N–H and O–H groups in total. The maximum absolute atomic E-state index is 2.44. The molecule has 0 aromatic rings. The standard InChI is InChI=1S/C7H19BSi/c1-7(8(2)3)9(4,5)6/h7H,1-6H3. The van der Waals surface area contributed by atoms with E-state index in [1.54, 1.807) is 0 Å². The Balaban J connectivity index is 3.88. The van der Waals surface area contributed by atoms with Crippen LogP contribution >= 0.6 is 0 Å². The SMILES string of the molecule is CB(C)C(C)[Si](C)(C)C. The molecule has 0 rings (SSSR count). The maximum Gasteiger partial charge on any atom is 0.133 e. The van der Waals surface area contributed by atoms with Gasteiger partial charge in [0.2, 0.25) is 0 Å². The molecule has 0 heterocycles. The van der Waals surface area contributed by atoms with Crippen molar-refractivity contribution in [3.05, 3.63) is 0 Å². The van der Waals surface area contributed by atoms with E-state index in [4.69, 9.17) is 0 Å². The van der Waals surface area contributed by atoms with Crippen LogP contribution in [0.4, 0.5) is 0 Å². The minimum absolute atomic E-state index is 0.824. The molecule has 0 saturated carbocycles. The van der Waals surface area contributed by atoms with Crippen LogP contribution in [-0.4, -0.2) is 14.8 Å². The molecule has 0 nitrogen and oxygen atoms in total. The Kier molecular flexibility index (Phi) is 3.00. The first-order valence-corrected chi connectivity index (χ1v) is 7.43. The normalized spacial score (nSPS) is 15.3. The van der Waals surface area contributed by atoms with Gasteiger partial charge < -0.3 is 0 Å². The van der Waals surface area contributed by atoms with E-state index in [0.717, 1.165) is 12.2 Å². The average Bonchev–Trinajstić information content (AvgIpc) is 1.62. The van der Waals surface area contributed by atoms with Crippen LogP contribution in [0.3, 0.4) is 0 Å². The summed E-state index contributed by atoms with van der Waals surface area (Å²) in [5.41, 5.74) is 0.956. The van der Waals surface area contributed by atoms with Gasteiger partial charge in [-0.1, -0.05) is 45.7 Å². The number of rotatable bonds is 2. The summed E-state index contributed by atoms with van der Waals surface area (Å²) in [6, 6.07) is 0. The molecule has 54 valence electrons. The Morgan fingerprint density at radius 2 is 1.44 bits per heavy atom. The summed E-state index contributed by atoms with van der Waals surface area (Å²) in [5, 5.41) is 0. The molecule has 0 saturated heterocycles. The molecule has 1 atom stereocenters. The quantitative estimate of drug-likeness (QED) is 0.520. The first-order chi connectivity index (χ1) is 3.85. The fraction of sp³-hybridized carbons (Fsp3) is 1.00. The third kappa shape index (κ3) is 3.09. The predicted octanol–water partition coefficient (Wildman–Crippen LogP) is 3.01. The molecule has 0 amide bonds. The average molecular weight is 142 g/mol. The van der Waals surface area contributed by atoms with Crippen molar-refractivity contribution in [1.29, 1.82) is 0 Å². The van der Waals surface area contributed by atoms with Crippen molar-refractivity contribution in [2.75, 3.05) is 0 Å². The molecule has 0 bridgehead atoms. The Bertz CT molecular complexity index is 83.4. The third-order valence-electron chi connectivity index (χ3n) is 2.37. The summed E-state index contributed by atoms with van der Waals surface area (Å²) < 4.78 is 0. The zero-order valence-electron chi connectivity index (χ0n) is 7.65. The molecule has 0 aromatic heterocycles. The van der Waals surface area contributed by atoms with E-state index in [1.807, 2.05) is 0 Å². The highest BCUT2D eigenvalue weighted by Crippen LogP contribution is 2.23. The monoisotopic (exact) mass is 142 g/mol. The van der Waals surface area contributed by atoms with Crippen LogP contribution in [0.1, 0.15) is 6.92 Å². The van der Waals surface area contributed by atoms with Gasteiger partial charge in [0.25, 0.3) is 0 Å². The highest BCUT2D eigenvalue weighted by molar-refractivity contribution is 6.89. The zero-order valence-corrected chi connectivity index (χ0v) is 8.65. The summed E-state index contributed by atoms with van der Waals surface area (Å²) in [5.74, 6) is 0. The van der Waals surface area contributed by atoms with E-state index >= 15 is 0 Å². The summed E-state index contributed by atoms with van der Waals surface area (Å²) >= 11 is 0. The molecule has 0 spiro atoms. The van der Waals surface area contributed by atoms with Gasteiger partial charge in [-0.2, -0.15) is 0 Å². The fourth-order valence-corrected chi connectivity index (χ4v) is 3.00. The van der Waals surface area contributed by atoms with Crippen molar-refractivity contribution < 1.29 is 0 Å². The third-order valence-corrected chi connectivity index (χ3v) is 5.76. The lowest BCUT2D eigenvalue weighted by Crippen LogP contribution is -2.33. The highest BCUT2D eigenvalue weighted by atomic mass is 28.3. The van der Waals surface area contributed by atoms with Gasteiger partial charge in [0.05, 0.1) is 0 Å². The van der Waals surface area contributed by atoms with Crippen molar-refractivity contribution in [1.82, 2.24) is 0 Å². The first kappa shape index (κ1) is 9.28. The molecule has 0 aliphatic carbocycles. The van der Waals surface area contributed by atoms with E-state index < -0.39 is 8.07 Å².